The van der Waals surface area contributed by atoms with Gasteiger partial charge in [-0.25, -0.2) is 8.78 Å². The average Bonchev–Trinajstić information content (AvgIpc) is 2.30. The Bertz CT molecular complexity index is 146. The molecular formula is C10H18F2. The summed E-state index contributed by atoms with van der Waals surface area (Å²) < 4.78 is 25.7. The first-order valence-electron chi connectivity index (χ1n) is 4.79. The van der Waals surface area contributed by atoms with Crippen LogP contribution in [-0.4, -0.2) is 5.92 Å². The quantitative estimate of drug-likeness (QED) is 0.601. The van der Waals surface area contributed by atoms with Crippen LogP contribution in [0.1, 0.15) is 40.0 Å². The molecule has 12 heavy (non-hydrogen) atoms. The van der Waals surface area contributed by atoms with Crippen molar-refractivity contribution in [2.75, 3.05) is 0 Å². The third-order valence-corrected chi connectivity index (χ3v) is 3.13. The highest BCUT2D eigenvalue weighted by atomic mass is 19.3. The van der Waals surface area contributed by atoms with E-state index in [0.717, 1.165) is 19.8 Å². The van der Waals surface area contributed by atoms with Gasteiger partial charge in [0.2, 0.25) is 5.92 Å². The van der Waals surface area contributed by atoms with Crippen molar-refractivity contribution in [2.24, 2.45) is 17.8 Å². The van der Waals surface area contributed by atoms with E-state index in [1.807, 2.05) is 0 Å². The van der Waals surface area contributed by atoms with Gasteiger partial charge in [-0.3, -0.25) is 0 Å². The third-order valence-electron chi connectivity index (χ3n) is 3.13. The molecule has 1 fully saturated rings. The highest BCUT2D eigenvalue weighted by Crippen LogP contribution is 2.43. The minimum absolute atomic E-state index is 0.357. The van der Waals surface area contributed by atoms with Crippen LogP contribution in [0.15, 0.2) is 0 Å². The van der Waals surface area contributed by atoms with Crippen molar-refractivity contribution >= 4 is 0 Å². The molecule has 0 aliphatic heterocycles. The summed E-state index contributed by atoms with van der Waals surface area (Å²) in [6.45, 7) is 5.31. The van der Waals surface area contributed by atoms with Gasteiger partial charge >= 0.3 is 0 Å². The van der Waals surface area contributed by atoms with Crippen LogP contribution in [0.25, 0.3) is 0 Å². The zero-order valence-electron chi connectivity index (χ0n) is 8.11. The topological polar surface area (TPSA) is 0 Å². The minimum atomic E-state index is -2.45. The van der Waals surface area contributed by atoms with Gasteiger partial charge in [0.1, 0.15) is 0 Å². The molecule has 1 rings (SSSR count). The molecule has 2 unspecified atom stereocenters. The smallest absolute Gasteiger partial charge is 0.207 e. The van der Waals surface area contributed by atoms with Crippen LogP contribution in [0.2, 0.25) is 0 Å². The van der Waals surface area contributed by atoms with Gasteiger partial charge in [-0.05, 0) is 38.0 Å². The molecule has 0 amide bonds. The molecule has 0 N–H and O–H groups in total. The van der Waals surface area contributed by atoms with E-state index in [1.165, 1.54) is 0 Å². The van der Waals surface area contributed by atoms with Gasteiger partial charge < -0.3 is 0 Å². The predicted molar refractivity (Wildman–Crippen MR) is 46.3 cm³/mol. The van der Waals surface area contributed by atoms with Crippen molar-refractivity contribution in [3.8, 4) is 0 Å². The summed E-state index contributed by atoms with van der Waals surface area (Å²) in [5.41, 5.74) is 0. The van der Waals surface area contributed by atoms with Crippen LogP contribution >= 0.6 is 0 Å². The molecule has 0 spiro atoms. The number of rotatable bonds is 2. The van der Waals surface area contributed by atoms with Crippen molar-refractivity contribution in [3.05, 3.63) is 0 Å². The van der Waals surface area contributed by atoms with E-state index in [2.05, 4.69) is 13.8 Å². The highest BCUT2D eigenvalue weighted by Gasteiger charge is 2.40. The van der Waals surface area contributed by atoms with Gasteiger partial charge in [0, 0.05) is 5.92 Å². The van der Waals surface area contributed by atoms with Crippen LogP contribution in [0.5, 0.6) is 0 Å². The fourth-order valence-electron chi connectivity index (χ4n) is 2.08. The second-order valence-electron chi connectivity index (χ2n) is 4.47. The normalized spacial score (nSPS) is 31.5. The number of halogens is 2. The summed E-state index contributed by atoms with van der Waals surface area (Å²) in [6, 6.07) is 0. The standard InChI is InChI=1S/C10H18F2/c1-7(2)8-4-5-9(6-8)10(3,11)12/h7-9H,4-6H2,1-3H3. The first-order chi connectivity index (χ1) is 5.41. The maximum absolute atomic E-state index is 12.9. The summed E-state index contributed by atoms with van der Waals surface area (Å²) >= 11 is 0. The largest absolute Gasteiger partial charge is 0.248 e. The molecule has 0 aromatic heterocycles. The summed E-state index contributed by atoms with van der Waals surface area (Å²) in [6.07, 6.45) is 2.43. The minimum Gasteiger partial charge on any atom is -0.207 e. The van der Waals surface area contributed by atoms with Gasteiger partial charge in [0.15, 0.2) is 0 Å². The van der Waals surface area contributed by atoms with E-state index in [-0.39, 0.29) is 5.92 Å². The number of alkyl halides is 2. The lowest BCUT2D eigenvalue weighted by Crippen LogP contribution is -2.22. The third kappa shape index (κ3) is 2.18. The summed E-state index contributed by atoms with van der Waals surface area (Å²) in [4.78, 5) is 0. The van der Waals surface area contributed by atoms with Crippen molar-refractivity contribution in [2.45, 2.75) is 46.0 Å². The summed E-state index contributed by atoms with van der Waals surface area (Å²) in [5, 5.41) is 0. The van der Waals surface area contributed by atoms with E-state index >= 15 is 0 Å². The van der Waals surface area contributed by atoms with Gasteiger partial charge in [-0.1, -0.05) is 13.8 Å². The lowest BCUT2D eigenvalue weighted by molar-refractivity contribution is -0.0387. The molecule has 0 aromatic carbocycles. The Morgan fingerprint density at radius 1 is 1.25 bits per heavy atom. The van der Waals surface area contributed by atoms with Gasteiger partial charge in [-0.2, -0.15) is 0 Å². The molecule has 1 aliphatic rings. The Hall–Kier alpha value is -0.140. The maximum Gasteiger partial charge on any atom is 0.248 e. The molecule has 0 aromatic rings. The molecule has 0 heterocycles. The molecule has 1 aliphatic carbocycles. The first kappa shape index (κ1) is 9.94. The van der Waals surface area contributed by atoms with Gasteiger partial charge in [0.25, 0.3) is 0 Å². The van der Waals surface area contributed by atoms with Crippen LogP contribution in [-0.2, 0) is 0 Å². The van der Waals surface area contributed by atoms with Crippen LogP contribution < -0.4 is 0 Å². The monoisotopic (exact) mass is 176 g/mol. The summed E-state index contributed by atoms with van der Waals surface area (Å²) in [7, 11) is 0. The summed E-state index contributed by atoms with van der Waals surface area (Å²) in [5.74, 6) is -1.72. The van der Waals surface area contributed by atoms with Crippen LogP contribution in [0.3, 0.4) is 0 Å². The SMILES string of the molecule is CC(C)C1CCC(C(C)(F)F)C1. The zero-order chi connectivity index (χ0) is 9.35. The molecular weight excluding hydrogens is 158 g/mol. The molecule has 2 atom stereocenters. The van der Waals surface area contributed by atoms with E-state index in [1.54, 1.807) is 0 Å². The fourth-order valence-corrected chi connectivity index (χ4v) is 2.08. The number of hydrogen-bond donors (Lipinski definition) is 0. The molecule has 0 bridgehead atoms. The lowest BCUT2D eigenvalue weighted by atomic mass is 9.92. The second kappa shape index (κ2) is 3.31. The van der Waals surface area contributed by atoms with Crippen molar-refractivity contribution < 1.29 is 8.78 Å². The lowest BCUT2D eigenvalue weighted by Gasteiger charge is -2.19. The first-order valence-corrected chi connectivity index (χ1v) is 4.79. The maximum atomic E-state index is 12.9. The Labute approximate surface area is 73.3 Å². The Morgan fingerprint density at radius 3 is 2.08 bits per heavy atom. The predicted octanol–water partition coefficient (Wildman–Crippen LogP) is 3.71. The van der Waals surface area contributed by atoms with Gasteiger partial charge in [0.05, 0.1) is 0 Å². The fraction of sp³-hybridized carbons (Fsp3) is 1.00. The Morgan fingerprint density at radius 2 is 1.83 bits per heavy atom. The van der Waals surface area contributed by atoms with Crippen molar-refractivity contribution in [1.29, 1.82) is 0 Å². The Balaban J connectivity index is 2.46. The Kier molecular flexibility index (Phi) is 2.74. The molecule has 72 valence electrons. The second-order valence-corrected chi connectivity index (χ2v) is 4.47. The van der Waals surface area contributed by atoms with Gasteiger partial charge in [-0.15, -0.1) is 0 Å². The molecule has 2 heteroatoms. The van der Waals surface area contributed by atoms with Crippen molar-refractivity contribution in [1.82, 2.24) is 0 Å². The van der Waals surface area contributed by atoms with Crippen LogP contribution in [0, 0.1) is 17.8 Å². The van der Waals surface area contributed by atoms with Crippen LogP contribution in [0.4, 0.5) is 8.78 Å². The van der Waals surface area contributed by atoms with E-state index in [4.69, 9.17) is 0 Å². The molecule has 0 saturated heterocycles. The highest BCUT2D eigenvalue weighted by molar-refractivity contribution is 4.83. The van der Waals surface area contributed by atoms with E-state index in [0.29, 0.717) is 18.3 Å². The van der Waals surface area contributed by atoms with Crippen molar-refractivity contribution in [3.63, 3.8) is 0 Å². The molecule has 0 radical (unpaired) electrons. The number of hydrogen-bond acceptors (Lipinski definition) is 0. The molecule has 0 nitrogen and oxygen atoms in total. The van der Waals surface area contributed by atoms with E-state index < -0.39 is 5.92 Å². The van der Waals surface area contributed by atoms with E-state index in [9.17, 15) is 8.78 Å². The molecule has 1 saturated carbocycles. The average molecular weight is 176 g/mol. The zero-order valence-corrected chi connectivity index (χ0v) is 8.11.